The first-order chi connectivity index (χ1) is 8.08. The summed E-state index contributed by atoms with van der Waals surface area (Å²) in [6.07, 6.45) is 2.61. The van der Waals surface area contributed by atoms with Crippen molar-refractivity contribution in [3.05, 3.63) is 21.8 Å². The third-order valence-corrected chi connectivity index (χ3v) is 4.23. The molecule has 1 unspecified atom stereocenters. The van der Waals surface area contributed by atoms with Gasteiger partial charge in [0.1, 0.15) is 0 Å². The van der Waals surface area contributed by atoms with Crippen molar-refractivity contribution in [3.63, 3.8) is 0 Å². The van der Waals surface area contributed by atoms with Crippen molar-refractivity contribution in [2.75, 3.05) is 37.8 Å². The number of hydrogen-bond acceptors (Lipinski definition) is 3. The molecule has 0 aliphatic carbocycles. The van der Waals surface area contributed by atoms with Gasteiger partial charge in [-0.3, -0.25) is 0 Å². The van der Waals surface area contributed by atoms with Gasteiger partial charge >= 0.3 is 0 Å². The standard InChI is InChI=1S/C13H20IN3/c1-16-7-3-4-11(16)9-17(2)13-6-5-10(14)8-12(13)15/h5-6,8,11H,3-4,7,9,15H2,1-2H3. The first kappa shape index (κ1) is 13.0. The van der Waals surface area contributed by atoms with E-state index in [1.165, 1.54) is 23.0 Å². The number of nitrogens with zero attached hydrogens (tertiary/aromatic N) is 2. The summed E-state index contributed by atoms with van der Waals surface area (Å²) in [5.41, 5.74) is 8.09. The Kier molecular flexibility index (Phi) is 4.14. The quantitative estimate of drug-likeness (QED) is 0.675. The normalized spacial score (nSPS) is 20.8. The summed E-state index contributed by atoms with van der Waals surface area (Å²) in [6.45, 7) is 2.28. The molecule has 1 aromatic carbocycles. The van der Waals surface area contributed by atoms with E-state index in [-0.39, 0.29) is 0 Å². The van der Waals surface area contributed by atoms with Crippen LogP contribution in [0.5, 0.6) is 0 Å². The molecule has 0 aromatic heterocycles. The smallest absolute Gasteiger partial charge is 0.0598 e. The molecule has 3 nitrogen and oxygen atoms in total. The Balaban J connectivity index is 2.06. The van der Waals surface area contributed by atoms with Crippen LogP contribution < -0.4 is 10.6 Å². The van der Waals surface area contributed by atoms with Crippen molar-refractivity contribution in [1.82, 2.24) is 4.90 Å². The van der Waals surface area contributed by atoms with E-state index in [2.05, 4.69) is 58.6 Å². The molecule has 4 heteroatoms. The van der Waals surface area contributed by atoms with Crippen LogP contribution in [0.1, 0.15) is 12.8 Å². The van der Waals surface area contributed by atoms with Crippen LogP contribution in [0, 0.1) is 3.57 Å². The molecule has 0 saturated carbocycles. The summed E-state index contributed by atoms with van der Waals surface area (Å²) in [4.78, 5) is 4.72. The minimum Gasteiger partial charge on any atom is -0.397 e. The number of nitrogen functional groups attached to an aromatic ring is 1. The minimum atomic E-state index is 0.665. The molecule has 1 fully saturated rings. The Bertz CT molecular complexity index is 394. The van der Waals surface area contributed by atoms with Crippen molar-refractivity contribution in [2.45, 2.75) is 18.9 Å². The Hall–Kier alpha value is -0.490. The van der Waals surface area contributed by atoms with Crippen LogP contribution in [-0.4, -0.2) is 38.1 Å². The van der Waals surface area contributed by atoms with E-state index < -0.39 is 0 Å². The van der Waals surface area contributed by atoms with Crippen LogP contribution in [0.2, 0.25) is 0 Å². The highest BCUT2D eigenvalue weighted by atomic mass is 127. The van der Waals surface area contributed by atoms with Gasteiger partial charge in [-0.2, -0.15) is 0 Å². The SMILES string of the molecule is CN(CC1CCCN1C)c1ccc(I)cc1N. The molecular weight excluding hydrogens is 325 g/mol. The van der Waals surface area contributed by atoms with E-state index in [0.29, 0.717) is 6.04 Å². The molecule has 1 heterocycles. The van der Waals surface area contributed by atoms with Gasteiger partial charge in [-0.05, 0) is 67.2 Å². The van der Waals surface area contributed by atoms with Gasteiger partial charge < -0.3 is 15.5 Å². The van der Waals surface area contributed by atoms with Gasteiger partial charge in [-0.25, -0.2) is 0 Å². The number of hydrogen-bond donors (Lipinski definition) is 1. The maximum absolute atomic E-state index is 6.07. The molecule has 0 radical (unpaired) electrons. The zero-order chi connectivity index (χ0) is 12.4. The predicted octanol–water partition coefficient (Wildman–Crippen LogP) is 2.40. The lowest BCUT2D eigenvalue weighted by Gasteiger charge is -2.28. The number of benzene rings is 1. The molecule has 1 aliphatic rings. The molecule has 0 amide bonds. The largest absolute Gasteiger partial charge is 0.397 e. The highest BCUT2D eigenvalue weighted by Crippen LogP contribution is 2.26. The van der Waals surface area contributed by atoms with E-state index in [1.54, 1.807) is 0 Å². The summed E-state index contributed by atoms with van der Waals surface area (Å²) in [6, 6.07) is 6.93. The van der Waals surface area contributed by atoms with Crippen LogP contribution in [0.15, 0.2) is 18.2 Å². The van der Waals surface area contributed by atoms with Gasteiger partial charge in [-0.1, -0.05) is 0 Å². The lowest BCUT2D eigenvalue weighted by molar-refractivity contribution is 0.314. The summed E-state index contributed by atoms with van der Waals surface area (Å²) >= 11 is 2.29. The fourth-order valence-corrected chi connectivity index (χ4v) is 3.01. The third kappa shape index (κ3) is 3.04. The lowest BCUT2D eigenvalue weighted by atomic mass is 10.2. The van der Waals surface area contributed by atoms with Crippen molar-refractivity contribution in [3.8, 4) is 0 Å². The average molecular weight is 345 g/mol. The number of halogens is 1. The first-order valence-electron chi connectivity index (χ1n) is 6.04. The molecule has 1 aliphatic heterocycles. The zero-order valence-corrected chi connectivity index (χ0v) is 12.6. The lowest BCUT2D eigenvalue weighted by Crippen LogP contribution is -2.36. The predicted molar refractivity (Wildman–Crippen MR) is 82.5 cm³/mol. The first-order valence-corrected chi connectivity index (χ1v) is 7.12. The zero-order valence-electron chi connectivity index (χ0n) is 10.5. The van der Waals surface area contributed by atoms with Crippen molar-refractivity contribution < 1.29 is 0 Å². The fraction of sp³-hybridized carbons (Fsp3) is 0.538. The minimum absolute atomic E-state index is 0.665. The Morgan fingerprint density at radius 1 is 1.53 bits per heavy atom. The molecule has 94 valence electrons. The van der Waals surface area contributed by atoms with E-state index in [4.69, 9.17) is 5.73 Å². The fourth-order valence-electron chi connectivity index (χ4n) is 2.50. The van der Waals surface area contributed by atoms with E-state index in [9.17, 15) is 0 Å². The second kappa shape index (κ2) is 5.44. The van der Waals surface area contributed by atoms with Gasteiger partial charge in [0.25, 0.3) is 0 Å². The second-order valence-electron chi connectivity index (χ2n) is 4.86. The molecule has 1 atom stereocenters. The molecule has 1 aromatic rings. The van der Waals surface area contributed by atoms with Crippen molar-refractivity contribution in [1.29, 1.82) is 0 Å². The highest BCUT2D eigenvalue weighted by molar-refractivity contribution is 14.1. The van der Waals surface area contributed by atoms with Gasteiger partial charge in [0.15, 0.2) is 0 Å². The topological polar surface area (TPSA) is 32.5 Å². The molecule has 2 rings (SSSR count). The van der Waals surface area contributed by atoms with E-state index >= 15 is 0 Å². The number of nitrogens with two attached hydrogens (primary N) is 1. The van der Waals surface area contributed by atoms with Crippen LogP contribution in [0.4, 0.5) is 11.4 Å². The monoisotopic (exact) mass is 345 g/mol. The highest BCUT2D eigenvalue weighted by Gasteiger charge is 2.22. The van der Waals surface area contributed by atoms with Gasteiger partial charge in [0, 0.05) is 23.2 Å². The average Bonchev–Trinajstić information content (AvgIpc) is 2.64. The van der Waals surface area contributed by atoms with Crippen LogP contribution in [0.25, 0.3) is 0 Å². The Morgan fingerprint density at radius 2 is 2.29 bits per heavy atom. The van der Waals surface area contributed by atoms with Gasteiger partial charge in [-0.15, -0.1) is 0 Å². The molecule has 2 N–H and O–H groups in total. The molecular formula is C13H20IN3. The van der Waals surface area contributed by atoms with Gasteiger partial charge in [0.05, 0.1) is 11.4 Å². The summed E-state index contributed by atoms with van der Waals surface area (Å²) in [7, 11) is 4.34. The van der Waals surface area contributed by atoms with Crippen LogP contribution >= 0.6 is 22.6 Å². The molecule has 0 bridgehead atoms. The Morgan fingerprint density at radius 3 is 2.88 bits per heavy atom. The third-order valence-electron chi connectivity index (χ3n) is 3.56. The number of likely N-dealkylation sites (N-methyl/N-ethyl adjacent to an activating group) is 2. The summed E-state index contributed by atoms with van der Waals surface area (Å²) in [5, 5.41) is 0. The maximum atomic E-state index is 6.07. The van der Waals surface area contributed by atoms with Crippen molar-refractivity contribution in [2.24, 2.45) is 0 Å². The Labute approximate surface area is 117 Å². The molecule has 0 spiro atoms. The number of likely N-dealkylation sites (tertiary alicyclic amines) is 1. The molecule has 17 heavy (non-hydrogen) atoms. The van der Waals surface area contributed by atoms with Crippen LogP contribution in [-0.2, 0) is 0 Å². The number of anilines is 2. The summed E-state index contributed by atoms with van der Waals surface area (Å²) in [5.74, 6) is 0. The summed E-state index contributed by atoms with van der Waals surface area (Å²) < 4.78 is 1.19. The van der Waals surface area contributed by atoms with Crippen LogP contribution in [0.3, 0.4) is 0 Å². The van der Waals surface area contributed by atoms with Gasteiger partial charge in [0.2, 0.25) is 0 Å². The number of rotatable bonds is 3. The van der Waals surface area contributed by atoms with E-state index in [1.807, 2.05) is 6.07 Å². The maximum Gasteiger partial charge on any atom is 0.0598 e. The second-order valence-corrected chi connectivity index (χ2v) is 6.11. The van der Waals surface area contributed by atoms with Crippen molar-refractivity contribution >= 4 is 34.0 Å². The molecule has 1 saturated heterocycles. The van der Waals surface area contributed by atoms with E-state index in [0.717, 1.165) is 17.9 Å².